The van der Waals surface area contributed by atoms with Crippen LogP contribution in [0.5, 0.6) is 11.6 Å². The summed E-state index contributed by atoms with van der Waals surface area (Å²) in [4.78, 5) is 8.06. The highest BCUT2D eigenvalue weighted by molar-refractivity contribution is 6.35. The molecule has 0 aliphatic rings. The van der Waals surface area contributed by atoms with Gasteiger partial charge in [-0.15, -0.1) is 0 Å². The molecule has 0 radical (unpaired) electrons. The molecule has 0 fully saturated rings. The van der Waals surface area contributed by atoms with Crippen molar-refractivity contribution in [3.63, 3.8) is 0 Å². The fraction of sp³-hybridized carbons (Fsp3) is 0.231. The van der Waals surface area contributed by atoms with Crippen LogP contribution in [0.1, 0.15) is 18.9 Å². The van der Waals surface area contributed by atoms with E-state index in [9.17, 15) is 0 Å². The molecule has 3 nitrogen and oxygen atoms in total. The van der Waals surface area contributed by atoms with Gasteiger partial charge in [-0.1, -0.05) is 48.1 Å². The average molecular weight is 318 g/mol. The fourth-order valence-electron chi connectivity index (χ4n) is 1.59. The molecule has 0 unspecified atom stereocenters. The van der Waals surface area contributed by atoms with Gasteiger partial charge in [0.1, 0.15) is 17.2 Å². The number of benzene rings is 1. The van der Waals surface area contributed by atoms with E-state index in [1.165, 1.54) is 6.33 Å². The van der Waals surface area contributed by atoms with Crippen molar-refractivity contribution >= 4 is 34.8 Å². The van der Waals surface area contributed by atoms with Gasteiger partial charge in [0.25, 0.3) is 0 Å². The van der Waals surface area contributed by atoms with Crippen molar-refractivity contribution in [3.8, 4) is 11.6 Å². The Bertz CT molecular complexity index is 590. The van der Waals surface area contributed by atoms with Crippen LogP contribution in [0.25, 0.3) is 0 Å². The molecule has 100 valence electrons. The lowest BCUT2D eigenvalue weighted by molar-refractivity contribution is 0.454. The van der Waals surface area contributed by atoms with Crippen LogP contribution in [0, 0.1) is 0 Å². The van der Waals surface area contributed by atoms with E-state index >= 15 is 0 Å². The third kappa shape index (κ3) is 3.50. The maximum Gasteiger partial charge on any atom is 0.227 e. The predicted molar refractivity (Wildman–Crippen MR) is 77.6 cm³/mol. The highest BCUT2D eigenvalue weighted by Gasteiger charge is 2.13. The second-order valence-electron chi connectivity index (χ2n) is 3.87. The number of halogens is 3. The summed E-state index contributed by atoms with van der Waals surface area (Å²) in [5.74, 6) is 0.907. The summed E-state index contributed by atoms with van der Waals surface area (Å²) >= 11 is 18.0. The second kappa shape index (κ2) is 6.42. The molecule has 0 saturated heterocycles. The van der Waals surface area contributed by atoms with E-state index in [0.717, 1.165) is 18.4 Å². The van der Waals surface area contributed by atoms with Crippen LogP contribution in [-0.2, 0) is 6.42 Å². The van der Waals surface area contributed by atoms with E-state index in [-0.39, 0.29) is 0 Å². The average Bonchev–Trinajstić information content (AvgIpc) is 2.37. The van der Waals surface area contributed by atoms with Crippen molar-refractivity contribution < 1.29 is 4.74 Å². The van der Waals surface area contributed by atoms with Crippen molar-refractivity contribution in [1.29, 1.82) is 0 Å². The number of nitrogens with zero attached hydrogens (tertiary/aromatic N) is 2. The van der Waals surface area contributed by atoms with Gasteiger partial charge in [-0.25, -0.2) is 9.97 Å². The standard InChI is InChI=1S/C13H11Cl3N2O/c1-2-3-9-12(16)17-7-18-13(9)19-11-5-4-8(14)6-10(11)15/h4-7H,2-3H2,1H3. The summed E-state index contributed by atoms with van der Waals surface area (Å²) in [6.07, 6.45) is 3.01. The highest BCUT2D eigenvalue weighted by atomic mass is 35.5. The highest BCUT2D eigenvalue weighted by Crippen LogP contribution is 2.33. The summed E-state index contributed by atoms with van der Waals surface area (Å²) in [6, 6.07) is 5.00. The monoisotopic (exact) mass is 316 g/mol. The van der Waals surface area contributed by atoms with Crippen LogP contribution >= 0.6 is 34.8 Å². The SMILES string of the molecule is CCCc1c(Cl)ncnc1Oc1ccc(Cl)cc1Cl. The van der Waals surface area contributed by atoms with Crippen LogP contribution in [0.15, 0.2) is 24.5 Å². The van der Waals surface area contributed by atoms with Gasteiger partial charge in [-0.3, -0.25) is 0 Å². The molecular formula is C13H11Cl3N2O. The zero-order valence-corrected chi connectivity index (χ0v) is 12.4. The van der Waals surface area contributed by atoms with Gasteiger partial charge in [-0.2, -0.15) is 0 Å². The first-order valence-electron chi connectivity index (χ1n) is 5.74. The van der Waals surface area contributed by atoms with Gasteiger partial charge in [0, 0.05) is 5.02 Å². The van der Waals surface area contributed by atoms with E-state index in [0.29, 0.717) is 26.8 Å². The topological polar surface area (TPSA) is 35.0 Å². The van der Waals surface area contributed by atoms with Crippen molar-refractivity contribution in [2.24, 2.45) is 0 Å². The first-order valence-corrected chi connectivity index (χ1v) is 6.87. The Morgan fingerprint density at radius 1 is 1.16 bits per heavy atom. The van der Waals surface area contributed by atoms with Crippen LogP contribution in [0.4, 0.5) is 0 Å². The van der Waals surface area contributed by atoms with Gasteiger partial charge >= 0.3 is 0 Å². The van der Waals surface area contributed by atoms with E-state index in [1.54, 1.807) is 18.2 Å². The van der Waals surface area contributed by atoms with Crippen LogP contribution in [0.3, 0.4) is 0 Å². The van der Waals surface area contributed by atoms with Crippen molar-refractivity contribution in [2.75, 3.05) is 0 Å². The molecule has 0 N–H and O–H groups in total. The summed E-state index contributed by atoms with van der Waals surface area (Å²) in [5.41, 5.74) is 0.776. The summed E-state index contributed by atoms with van der Waals surface area (Å²) < 4.78 is 5.70. The number of hydrogen-bond donors (Lipinski definition) is 0. The van der Waals surface area contributed by atoms with Gasteiger partial charge in [-0.05, 0) is 24.6 Å². The van der Waals surface area contributed by atoms with E-state index in [1.807, 2.05) is 6.92 Å². The smallest absolute Gasteiger partial charge is 0.227 e. The maximum atomic E-state index is 6.06. The van der Waals surface area contributed by atoms with Crippen molar-refractivity contribution in [1.82, 2.24) is 9.97 Å². The molecule has 1 heterocycles. The van der Waals surface area contributed by atoms with Crippen LogP contribution in [-0.4, -0.2) is 9.97 Å². The largest absolute Gasteiger partial charge is 0.437 e. The minimum Gasteiger partial charge on any atom is -0.437 e. The Hall–Kier alpha value is -1.03. The fourth-order valence-corrected chi connectivity index (χ4v) is 2.25. The molecule has 1 aromatic carbocycles. The summed E-state index contributed by atoms with van der Waals surface area (Å²) in [6.45, 7) is 2.04. The molecule has 0 spiro atoms. The number of ether oxygens (including phenoxy) is 1. The van der Waals surface area contributed by atoms with Gasteiger partial charge in [0.15, 0.2) is 0 Å². The summed E-state index contributed by atoms with van der Waals surface area (Å²) in [5, 5.41) is 1.37. The van der Waals surface area contributed by atoms with Gasteiger partial charge in [0.05, 0.1) is 10.6 Å². The molecule has 0 atom stereocenters. The Kier molecular flexibility index (Phi) is 4.86. The van der Waals surface area contributed by atoms with Gasteiger partial charge < -0.3 is 4.74 Å². The van der Waals surface area contributed by atoms with E-state index in [4.69, 9.17) is 39.5 Å². The predicted octanol–water partition coefficient (Wildman–Crippen LogP) is 5.18. The molecule has 0 bridgehead atoms. The lowest BCUT2D eigenvalue weighted by Crippen LogP contribution is -1.98. The third-order valence-electron chi connectivity index (χ3n) is 2.45. The Labute approximate surface area is 126 Å². The minimum atomic E-state index is 0.400. The molecule has 0 aliphatic heterocycles. The molecular weight excluding hydrogens is 307 g/mol. The van der Waals surface area contributed by atoms with E-state index < -0.39 is 0 Å². The number of aromatic nitrogens is 2. The van der Waals surface area contributed by atoms with Crippen molar-refractivity contribution in [3.05, 3.63) is 45.3 Å². The van der Waals surface area contributed by atoms with E-state index in [2.05, 4.69) is 9.97 Å². The van der Waals surface area contributed by atoms with Gasteiger partial charge in [0.2, 0.25) is 5.88 Å². The zero-order chi connectivity index (χ0) is 13.8. The summed E-state index contributed by atoms with van der Waals surface area (Å²) in [7, 11) is 0. The molecule has 2 rings (SSSR count). The number of hydrogen-bond acceptors (Lipinski definition) is 3. The quantitative estimate of drug-likeness (QED) is 0.729. The first kappa shape index (κ1) is 14.4. The lowest BCUT2D eigenvalue weighted by atomic mass is 10.2. The van der Waals surface area contributed by atoms with Crippen LogP contribution < -0.4 is 4.74 Å². The Morgan fingerprint density at radius 3 is 2.63 bits per heavy atom. The van der Waals surface area contributed by atoms with Crippen molar-refractivity contribution in [2.45, 2.75) is 19.8 Å². The molecule has 19 heavy (non-hydrogen) atoms. The second-order valence-corrected chi connectivity index (χ2v) is 5.08. The normalized spacial score (nSPS) is 10.5. The Balaban J connectivity index is 2.35. The van der Waals surface area contributed by atoms with Crippen LogP contribution in [0.2, 0.25) is 15.2 Å². The first-order chi connectivity index (χ1) is 9.11. The molecule has 1 aromatic heterocycles. The lowest BCUT2D eigenvalue weighted by Gasteiger charge is -2.11. The third-order valence-corrected chi connectivity index (χ3v) is 3.31. The molecule has 0 saturated carbocycles. The molecule has 2 aromatic rings. The molecule has 0 amide bonds. The molecule has 0 aliphatic carbocycles. The maximum absolute atomic E-state index is 6.06. The Morgan fingerprint density at radius 2 is 1.95 bits per heavy atom. The minimum absolute atomic E-state index is 0.400. The zero-order valence-electron chi connectivity index (χ0n) is 10.2. The number of rotatable bonds is 4. The molecule has 6 heteroatoms.